The lowest BCUT2D eigenvalue weighted by atomic mass is 10.1. The maximum Gasteiger partial charge on any atom is 0.340 e. The topological polar surface area (TPSA) is 66.6 Å². The molecule has 0 saturated heterocycles. The number of thiophene rings is 1. The second-order valence-electron chi connectivity index (χ2n) is 4.28. The summed E-state index contributed by atoms with van der Waals surface area (Å²) in [6.45, 7) is 0.507. The van der Waals surface area contributed by atoms with Gasteiger partial charge in [0.15, 0.2) is 0 Å². The normalized spacial score (nSPS) is 10.6. The maximum absolute atomic E-state index is 13.4. The van der Waals surface area contributed by atoms with E-state index < -0.39 is 11.8 Å². The number of hydrogen-bond acceptors (Lipinski definition) is 4. The molecule has 0 saturated carbocycles. The van der Waals surface area contributed by atoms with Crippen LogP contribution in [-0.2, 0) is 6.54 Å². The van der Waals surface area contributed by atoms with E-state index in [-0.39, 0.29) is 11.3 Å². The van der Waals surface area contributed by atoms with E-state index in [9.17, 15) is 14.3 Å². The van der Waals surface area contributed by atoms with Gasteiger partial charge in [0.05, 0.1) is 15.2 Å². The van der Waals surface area contributed by atoms with Crippen LogP contribution < -0.4 is 10.6 Å². The number of nitrogen functional groups attached to an aromatic ring is 1. The van der Waals surface area contributed by atoms with Gasteiger partial charge in [-0.2, -0.15) is 0 Å². The van der Waals surface area contributed by atoms with Crippen LogP contribution >= 0.6 is 27.3 Å². The van der Waals surface area contributed by atoms with Crippen LogP contribution in [0.3, 0.4) is 0 Å². The van der Waals surface area contributed by atoms with Crippen molar-refractivity contribution in [3.63, 3.8) is 0 Å². The molecule has 0 atom stereocenters. The average Bonchev–Trinajstić information content (AvgIpc) is 2.77. The molecule has 0 aliphatic carbocycles. The molecule has 106 valence electrons. The Morgan fingerprint density at radius 2 is 2.25 bits per heavy atom. The van der Waals surface area contributed by atoms with Crippen LogP contribution in [0.1, 0.15) is 15.9 Å². The van der Waals surface area contributed by atoms with Gasteiger partial charge in [0.1, 0.15) is 11.4 Å². The Bertz CT molecular complexity index is 660. The van der Waals surface area contributed by atoms with Gasteiger partial charge in [-0.25, -0.2) is 9.18 Å². The number of halogens is 2. The lowest BCUT2D eigenvalue weighted by molar-refractivity contribution is 0.0698. The summed E-state index contributed by atoms with van der Waals surface area (Å²) < 4.78 is 14.4. The van der Waals surface area contributed by atoms with Gasteiger partial charge in [-0.3, -0.25) is 0 Å². The van der Waals surface area contributed by atoms with Crippen molar-refractivity contribution >= 4 is 44.6 Å². The second-order valence-corrected chi connectivity index (χ2v) is 6.57. The largest absolute Gasteiger partial charge is 0.478 e. The molecule has 2 aromatic rings. The quantitative estimate of drug-likeness (QED) is 0.820. The zero-order valence-electron chi connectivity index (χ0n) is 10.6. The molecule has 0 amide bonds. The van der Waals surface area contributed by atoms with Gasteiger partial charge < -0.3 is 15.7 Å². The van der Waals surface area contributed by atoms with E-state index in [1.54, 1.807) is 23.3 Å². The first-order valence-corrected chi connectivity index (χ1v) is 7.32. The van der Waals surface area contributed by atoms with Gasteiger partial charge in [0.25, 0.3) is 0 Å². The zero-order chi connectivity index (χ0) is 14.9. The molecule has 1 aromatic carbocycles. The summed E-state index contributed by atoms with van der Waals surface area (Å²) in [5.74, 6) is -1.96. The molecule has 0 spiro atoms. The molecule has 0 unspecified atom stereocenters. The molecule has 4 nitrogen and oxygen atoms in total. The number of carboxylic acid groups (broad SMARTS) is 1. The van der Waals surface area contributed by atoms with Crippen LogP contribution in [0.5, 0.6) is 0 Å². The predicted molar refractivity (Wildman–Crippen MR) is 81.9 cm³/mol. The highest BCUT2D eigenvalue weighted by molar-refractivity contribution is 9.11. The smallest absolute Gasteiger partial charge is 0.340 e. The summed E-state index contributed by atoms with van der Waals surface area (Å²) in [4.78, 5) is 13.0. The second kappa shape index (κ2) is 5.80. The Hall–Kier alpha value is -1.60. The number of carbonyl (C=O) groups is 1. The van der Waals surface area contributed by atoms with Gasteiger partial charge in [-0.15, -0.1) is 11.3 Å². The first-order chi connectivity index (χ1) is 9.40. The predicted octanol–water partition coefficient (Wildman–Crippen LogP) is 3.57. The van der Waals surface area contributed by atoms with Gasteiger partial charge >= 0.3 is 5.97 Å². The highest BCUT2D eigenvalue weighted by Gasteiger charge is 2.20. The van der Waals surface area contributed by atoms with E-state index in [4.69, 9.17) is 5.73 Å². The first-order valence-electron chi connectivity index (χ1n) is 5.65. The van der Waals surface area contributed by atoms with E-state index in [1.165, 1.54) is 12.1 Å². The number of rotatable bonds is 4. The summed E-state index contributed by atoms with van der Waals surface area (Å²) in [5.41, 5.74) is 6.40. The molecule has 0 aliphatic rings. The van der Waals surface area contributed by atoms with E-state index in [0.717, 1.165) is 9.35 Å². The summed E-state index contributed by atoms with van der Waals surface area (Å²) in [5, 5.41) is 11.2. The SMILES string of the molecule is CN(Cc1csc(Br)c1)c1ccc(F)c(N)c1C(=O)O. The molecule has 1 aromatic heterocycles. The van der Waals surface area contributed by atoms with Crippen molar-refractivity contribution in [3.8, 4) is 0 Å². The molecule has 3 N–H and O–H groups in total. The van der Waals surface area contributed by atoms with Crippen molar-refractivity contribution in [2.75, 3.05) is 17.7 Å². The fourth-order valence-corrected chi connectivity index (χ4v) is 3.11. The van der Waals surface area contributed by atoms with Crippen molar-refractivity contribution < 1.29 is 14.3 Å². The molecular weight excluding hydrogens is 347 g/mol. The van der Waals surface area contributed by atoms with Crippen LogP contribution in [0.25, 0.3) is 0 Å². The Balaban J connectivity index is 2.36. The Morgan fingerprint density at radius 1 is 1.55 bits per heavy atom. The van der Waals surface area contributed by atoms with Gasteiger partial charge in [-0.1, -0.05) is 0 Å². The number of hydrogen-bond donors (Lipinski definition) is 2. The number of nitrogens with two attached hydrogens (primary N) is 1. The van der Waals surface area contributed by atoms with Crippen LogP contribution in [0.2, 0.25) is 0 Å². The van der Waals surface area contributed by atoms with E-state index in [1.807, 2.05) is 11.4 Å². The van der Waals surface area contributed by atoms with Crippen LogP contribution in [0.4, 0.5) is 15.8 Å². The number of carboxylic acids is 1. The number of aromatic carboxylic acids is 1. The first kappa shape index (κ1) is 14.8. The van der Waals surface area contributed by atoms with Crippen molar-refractivity contribution in [1.29, 1.82) is 0 Å². The summed E-state index contributed by atoms with van der Waals surface area (Å²) in [6.07, 6.45) is 0. The molecule has 2 rings (SSSR count). The minimum atomic E-state index is -1.24. The lowest BCUT2D eigenvalue weighted by Gasteiger charge is -2.21. The molecule has 0 aliphatic heterocycles. The summed E-state index contributed by atoms with van der Waals surface area (Å²) in [7, 11) is 1.74. The number of nitrogens with zero attached hydrogens (tertiary/aromatic N) is 1. The summed E-state index contributed by atoms with van der Waals surface area (Å²) in [6, 6.07) is 4.56. The van der Waals surface area contributed by atoms with E-state index in [2.05, 4.69) is 15.9 Å². The van der Waals surface area contributed by atoms with Crippen molar-refractivity contribution in [2.24, 2.45) is 0 Å². The van der Waals surface area contributed by atoms with Gasteiger partial charge in [0.2, 0.25) is 0 Å². The van der Waals surface area contributed by atoms with Crippen LogP contribution in [-0.4, -0.2) is 18.1 Å². The average molecular weight is 359 g/mol. The van der Waals surface area contributed by atoms with Gasteiger partial charge in [0, 0.05) is 13.6 Å². The van der Waals surface area contributed by atoms with Gasteiger partial charge in [-0.05, 0) is 45.1 Å². The molecular formula is C13H12BrFN2O2S. The third kappa shape index (κ3) is 2.94. The fraction of sp³-hybridized carbons (Fsp3) is 0.154. The van der Waals surface area contributed by atoms with Crippen LogP contribution in [0.15, 0.2) is 27.4 Å². The Kier molecular flexibility index (Phi) is 4.29. The molecule has 20 heavy (non-hydrogen) atoms. The molecule has 0 radical (unpaired) electrons. The Labute approximate surface area is 127 Å². The highest BCUT2D eigenvalue weighted by Crippen LogP contribution is 2.29. The molecule has 0 fully saturated rings. The molecule has 7 heteroatoms. The fourth-order valence-electron chi connectivity index (χ4n) is 1.91. The third-order valence-corrected chi connectivity index (χ3v) is 4.39. The minimum Gasteiger partial charge on any atom is -0.478 e. The van der Waals surface area contributed by atoms with Crippen molar-refractivity contribution in [1.82, 2.24) is 0 Å². The number of anilines is 2. The highest BCUT2D eigenvalue weighted by atomic mass is 79.9. The number of benzene rings is 1. The molecule has 0 bridgehead atoms. The third-order valence-electron chi connectivity index (χ3n) is 2.84. The maximum atomic E-state index is 13.4. The van der Waals surface area contributed by atoms with E-state index >= 15 is 0 Å². The van der Waals surface area contributed by atoms with Crippen molar-refractivity contribution in [2.45, 2.75) is 6.54 Å². The van der Waals surface area contributed by atoms with Crippen LogP contribution in [0, 0.1) is 5.82 Å². The minimum absolute atomic E-state index is 0.207. The standard InChI is InChI=1S/C13H12BrFN2O2S/c1-17(5-7-4-10(14)20-6-7)9-3-2-8(15)12(16)11(9)13(18)19/h2-4,6H,5,16H2,1H3,(H,18,19). The summed E-state index contributed by atoms with van der Waals surface area (Å²) >= 11 is 4.92. The Morgan fingerprint density at radius 3 is 2.80 bits per heavy atom. The van der Waals surface area contributed by atoms with E-state index in [0.29, 0.717) is 12.2 Å². The zero-order valence-corrected chi connectivity index (χ0v) is 13.0. The van der Waals surface area contributed by atoms with Crippen molar-refractivity contribution in [3.05, 3.63) is 44.3 Å². The monoisotopic (exact) mass is 358 g/mol. The lowest BCUT2D eigenvalue weighted by Crippen LogP contribution is -2.20. The molecule has 1 heterocycles.